The van der Waals surface area contributed by atoms with Gasteiger partial charge in [-0.3, -0.25) is 4.79 Å². The summed E-state index contributed by atoms with van der Waals surface area (Å²) in [5.74, 6) is 0.0171. The molecule has 1 aromatic rings. The molecule has 1 amide bonds. The van der Waals surface area contributed by atoms with Gasteiger partial charge in [-0.1, -0.05) is 38.8 Å². The fourth-order valence-electron chi connectivity index (χ4n) is 2.71. The Morgan fingerprint density at radius 1 is 1.43 bits per heavy atom. The highest BCUT2D eigenvalue weighted by Crippen LogP contribution is 2.26. The third-order valence-corrected chi connectivity index (χ3v) is 4.23. The van der Waals surface area contributed by atoms with Crippen LogP contribution in [0.4, 0.5) is 0 Å². The normalized spacial score (nSPS) is 22.3. The van der Waals surface area contributed by atoms with Crippen LogP contribution < -0.4 is 5.32 Å². The number of halogens is 1. The number of amides is 1. The van der Waals surface area contributed by atoms with Gasteiger partial charge in [0, 0.05) is 35.2 Å². The number of rotatable bonds is 3. The van der Waals surface area contributed by atoms with E-state index in [-0.39, 0.29) is 29.9 Å². The number of carbonyl (C=O) groups is 1. The summed E-state index contributed by atoms with van der Waals surface area (Å²) in [6.45, 7) is 6.22. The Labute approximate surface area is 130 Å². The van der Waals surface area contributed by atoms with Gasteiger partial charge in [0.05, 0.1) is 0 Å². The van der Waals surface area contributed by atoms with Crippen molar-refractivity contribution in [2.45, 2.75) is 51.5 Å². The molecule has 116 valence electrons. The molecule has 0 radical (unpaired) electrons. The summed E-state index contributed by atoms with van der Waals surface area (Å²) in [7, 11) is 0. The molecule has 5 heteroatoms. The summed E-state index contributed by atoms with van der Waals surface area (Å²) in [5.41, 5.74) is 1.16. The van der Waals surface area contributed by atoms with E-state index in [0.29, 0.717) is 10.7 Å². The first-order valence-electron chi connectivity index (χ1n) is 7.41. The number of nitrogens with one attached hydrogen (secondary N) is 1. The van der Waals surface area contributed by atoms with Gasteiger partial charge in [-0.2, -0.15) is 0 Å². The Morgan fingerprint density at radius 2 is 2.14 bits per heavy atom. The van der Waals surface area contributed by atoms with Gasteiger partial charge in [0.1, 0.15) is 5.15 Å². The van der Waals surface area contributed by atoms with E-state index in [2.05, 4.69) is 10.3 Å². The number of hydrogen-bond acceptors (Lipinski definition) is 3. The first-order chi connectivity index (χ1) is 9.81. The average molecular weight is 311 g/mol. The Kier molecular flexibility index (Phi) is 4.89. The highest BCUT2D eigenvalue weighted by Gasteiger charge is 2.28. The van der Waals surface area contributed by atoms with Crippen LogP contribution in [0.15, 0.2) is 12.1 Å². The van der Waals surface area contributed by atoms with Gasteiger partial charge in [-0.15, -0.1) is 0 Å². The second-order valence-electron chi connectivity index (χ2n) is 6.77. The number of aliphatic hydroxyl groups excluding tert-OH is 1. The van der Waals surface area contributed by atoms with Crippen LogP contribution in [0.3, 0.4) is 0 Å². The van der Waals surface area contributed by atoms with Crippen molar-refractivity contribution in [2.24, 2.45) is 5.92 Å². The molecule has 0 spiro atoms. The van der Waals surface area contributed by atoms with E-state index in [0.717, 1.165) is 25.0 Å². The number of carbonyl (C=O) groups excluding carboxylic acids is 1. The lowest BCUT2D eigenvalue weighted by molar-refractivity contribution is 0.0916. The zero-order valence-corrected chi connectivity index (χ0v) is 13.6. The molecule has 0 aliphatic heterocycles. The molecule has 0 bridgehead atoms. The van der Waals surface area contributed by atoms with E-state index < -0.39 is 0 Å². The van der Waals surface area contributed by atoms with Crippen LogP contribution in [0.1, 0.15) is 56.1 Å². The smallest absolute Gasteiger partial charge is 0.251 e. The van der Waals surface area contributed by atoms with Crippen LogP contribution >= 0.6 is 11.6 Å². The van der Waals surface area contributed by atoms with Gasteiger partial charge >= 0.3 is 0 Å². The predicted octanol–water partition coefficient (Wildman–Crippen LogP) is 2.92. The molecule has 1 aromatic heterocycles. The minimum atomic E-state index is -0.166. The van der Waals surface area contributed by atoms with Gasteiger partial charge in [-0.05, 0) is 25.0 Å². The highest BCUT2D eigenvalue weighted by molar-refractivity contribution is 6.29. The van der Waals surface area contributed by atoms with Crippen molar-refractivity contribution < 1.29 is 9.90 Å². The first kappa shape index (κ1) is 16.2. The highest BCUT2D eigenvalue weighted by atomic mass is 35.5. The molecule has 1 saturated carbocycles. The lowest BCUT2D eigenvalue weighted by atomic mass is 9.90. The molecule has 1 aliphatic rings. The second kappa shape index (κ2) is 6.32. The monoisotopic (exact) mass is 310 g/mol. The van der Waals surface area contributed by atoms with E-state index >= 15 is 0 Å². The van der Waals surface area contributed by atoms with E-state index in [9.17, 15) is 9.90 Å². The maximum Gasteiger partial charge on any atom is 0.251 e. The van der Waals surface area contributed by atoms with Crippen molar-refractivity contribution in [1.29, 1.82) is 0 Å². The Bertz CT molecular complexity index is 525. The standard InChI is InChI=1S/C16H23ClN2O2/c1-16(2,3)13-7-11(8-14(17)19-13)15(21)18-12-6-4-5-10(12)9-20/h7-8,10,12,20H,4-6,9H2,1-3H3,(H,18,21). The van der Waals surface area contributed by atoms with Crippen LogP contribution in [0.5, 0.6) is 0 Å². The van der Waals surface area contributed by atoms with Crippen LogP contribution in [0.25, 0.3) is 0 Å². The molecule has 4 nitrogen and oxygen atoms in total. The number of aromatic nitrogens is 1. The van der Waals surface area contributed by atoms with Gasteiger partial charge in [0.25, 0.3) is 5.91 Å². The number of nitrogens with zero attached hydrogens (tertiary/aromatic N) is 1. The summed E-state index contributed by atoms with van der Waals surface area (Å²) < 4.78 is 0. The van der Waals surface area contributed by atoms with Gasteiger partial charge in [0.15, 0.2) is 0 Å². The van der Waals surface area contributed by atoms with Crippen molar-refractivity contribution >= 4 is 17.5 Å². The summed E-state index contributed by atoms with van der Waals surface area (Å²) in [6.07, 6.45) is 2.92. The molecule has 0 saturated heterocycles. The fraction of sp³-hybridized carbons (Fsp3) is 0.625. The van der Waals surface area contributed by atoms with Gasteiger partial charge < -0.3 is 10.4 Å². The van der Waals surface area contributed by atoms with Gasteiger partial charge in [-0.25, -0.2) is 4.98 Å². The number of pyridine rings is 1. The Balaban J connectivity index is 2.17. The maximum atomic E-state index is 12.4. The lowest BCUT2D eigenvalue weighted by Gasteiger charge is -2.21. The quantitative estimate of drug-likeness (QED) is 0.844. The van der Waals surface area contributed by atoms with Gasteiger partial charge in [0.2, 0.25) is 0 Å². The molecule has 0 aromatic carbocycles. The van der Waals surface area contributed by atoms with Crippen LogP contribution in [-0.2, 0) is 5.41 Å². The third-order valence-electron chi connectivity index (χ3n) is 4.03. The maximum absolute atomic E-state index is 12.4. The topological polar surface area (TPSA) is 62.2 Å². The van der Waals surface area contributed by atoms with Crippen LogP contribution in [0, 0.1) is 5.92 Å². The zero-order chi connectivity index (χ0) is 15.6. The van der Waals surface area contributed by atoms with E-state index in [4.69, 9.17) is 11.6 Å². The first-order valence-corrected chi connectivity index (χ1v) is 7.79. The Hall–Kier alpha value is -1.13. The summed E-state index contributed by atoms with van der Waals surface area (Å²) >= 11 is 6.04. The largest absolute Gasteiger partial charge is 0.396 e. The zero-order valence-electron chi connectivity index (χ0n) is 12.8. The molecule has 2 atom stereocenters. The minimum Gasteiger partial charge on any atom is -0.396 e. The van der Waals surface area contributed by atoms with Crippen molar-refractivity contribution in [2.75, 3.05) is 6.61 Å². The van der Waals surface area contributed by atoms with E-state index in [1.54, 1.807) is 12.1 Å². The van der Waals surface area contributed by atoms with Crippen molar-refractivity contribution in [3.05, 3.63) is 28.5 Å². The molecular formula is C16H23ClN2O2. The third kappa shape index (κ3) is 3.95. The number of aliphatic hydroxyl groups is 1. The predicted molar refractivity (Wildman–Crippen MR) is 83.6 cm³/mol. The van der Waals surface area contributed by atoms with Crippen molar-refractivity contribution in [1.82, 2.24) is 10.3 Å². The fourth-order valence-corrected chi connectivity index (χ4v) is 2.92. The van der Waals surface area contributed by atoms with E-state index in [1.165, 1.54) is 0 Å². The van der Waals surface area contributed by atoms with Crippen molar-refractivity contribution in [3.8, 4) is 0 Å². The number of hydrogen-bond donors (Lipinski definition) is 2. The van der Waals surface area contributed by atoms with Crippen LogP contribution in [0.2, 0.25) is 5.15 Å². The second-order valence-corrected chi connectivity index (χ2v) is 7.15. The lowest BCUT2D eigenvalue weighted by Crippen LogP contribution is -2.38. The molecular weight excluding hydrogens is 288 g/mol. The molecule has 2 unspecified atom stereocenters. The molecule has 1 heterocycles. The van der Waals surface area contributed by atoms with E-state index in [1.807, 2.05) is 20.8 Å². The minimum absolute atomic E-state index is 0.0486. The summed E-state index contributed by atoms with van der Waals surface area (Å²) in [4.78, 5) is 16.7. The molecule has 2 rings (SSSR count). The molecule has 1 aliphatic carbocycles. The van der Waals surface area contributed by atoms with Crippen LogP contribution in [-0.4, -0.2) is 28.6 Å². The summed E-state index contributed by atoms with van der Waals surface area (Å²) in [5, 5.41) is 12.7. The average Bonchev–Trinajstić information content (AvgIpc) is 2.84. The molecule has 2 N–H and O–H groups in total. The van der Waals surface area contributed by atoms with Crippen molar-refractivity contribution in [3.63, 3.8) is 0 Å². The SMILES string of the molecule is CC(C)(C)c1cc(C(=O)NC2CCCC2CO)cc(Cl)n1. The molecule has 1 fully saturated rings. The molecule has 21 heavy (non-hydrogen) atoms. The Morgan fingerprint density at radius 3 is 2.76 bits per heavy atom. The summed E-state index contributed by atoms with van der Waals surface area (Å²) in [6, 6.07) is 3.44.